The molecule has 10 heteroatoms. The quantitative estimate of drug-likeness (QED) is 0.138. The molecular formula is C57H68F2N2O6. The van der Waals surface area contributed by atoms with Gasteiger partial charge in [0.25, 0.3) is 0 Å². The van der Waals surface area contributed by atoms with Crippen LogP contribution in [0, 0.1) is 76.7 Å². The van der Waals surface area contributed by atoms with Gasteiger partial charge in [-0.05, 0) is 172 Å². The largest absolute Gasteiger partial charge is 0.504 e. The molecule has 6 aliphatic rings. The molecule has 0 radical (unpaired) electrons. The molecule has 0 bridgehead atoms. The van der Waals surface area contributed by atoms with Crippen LogP contribution in [0.25, 0.3) is 34.4 Å². The molecule has 2 aromatic carbocycles. The van der Waals surface area contributed by atoms with Gasteiger partial charge in [0.1, 0.15) is 23.8 Å². The minimum atomic E-state index is -0.258. The van der Waals surface area contributed by atoms with E-state index >= 15 is 0 Å². The maximum Gasteiger partial charge on any atom is 0.309 e. The second-order valence-corrected chi connectivity index (χ2v) is 19.4. The molecule has 6 fully saturated rings. The normalized spacial score (nSPS) is 32.3. The lowest BCUT2D eigenvalue weighted by Gasteiger charge is -2.47. The summed E-state index contributed by atoms with van der Waals surface area (Å²) < 4.78 is 43.7. The van der Waals surface area contributed by atoms with Crippen LogP contribution in [0.1, 0.15) is 91.5 Å². The number of aliphatic hydroxyl groups excluding tert-OH is 1. The van der Waals surface area contributed by atoms with E-state index in [-0.39, 0.29) is 92.7 Å². The number of carbonyl (C=O) groups is 2. The number of ether oxygens (including phenoxy) is 3. The van der Waals surface area contributed by atoms with Gasteiger partial charge in [-0.25, -0.2) is 8.78 Å². The van der Waals surface area contributed by atoms with Gasteiger partial charge < -0.3 is 19.3 Å². The van der Waals surface area contributed by atoms with Crippen molar-refractivity contribution < 1.29 is 37.7 Å². The smallest absolute Gasteiger partial charge is 0.309 e. The average Bonchev–Trinajstić information content (AvgIpc) is 3.77. The van der Waals surface area contributed by atoms with Crippen molar-refractivity contribution in [2.24, 2.45) is 65.1 Å². The fraction of sp³-hybridized carbons (Fsp3) is 0.474. The Morgan fingerprint density at radius 3 is 1.69 bits per heavy atom. The standard InChI is InChI=1S/C28H30FNO3.C27H30FNO3.2CH4/c1-17-27-25(11-9-23-8-7-20(15-30-23)19-4-3-5-22(29)13-19)24-10-6-18(16-32-2)12-21(24)14-26(27)28(31)33-17;1-16-26-24(23-9-5-17(15-30)11-20(23)13-25(26)27(31)32-16)10-8-22-7-6-19(14-29-22)18-3-2-4-21(28)12-18;;/h3-5,7-9,11,13,15-17,21,24-27H,6,10,12,14H2,1-2H3;2-4,6-8,10,12,14,16-17,20,23-26,30H,5,9,11,13,15H2,1H3;2*1H4/b11-9+,18-16?;10-8+;;/t17-,21+,24-,25+,26-,27+;16-,17-,20+,23-,24+,25-,26+;;/m11../s1. The van der Waals surface area contributed by atoms with E-state index in [1.165, 1.54) is 29.8 Å². The van der Waals surface area contributed by atoms with Crippen LogP contribution in [-0.4, -0.2) is 52.9 Å². The highest BCUT2D eigenvalue weighted by Gasteiger charge is 2.55. The number of esters is 2. The van der Waals surface area contributed by atoms with Gasteiger partial charge in [0, 0.05) is 42.0 Å². The molecular weight excluding hydrogens is 847 g/mol. The maximum atomic E-state index is 13.6. The number of aromatic nitrogens is 2. The van der Waals surface area contributed by atoms with Crippen LogP contribution >= 0.6 is 0 Å². The van der Waals surface area contributed by atoms with E-state index < -0.39 is 0 Å². The van der Waals surface area contributed by atoms with Gasteiger partial charge in [0.15, 0.2) is 0 Å². The first kappa shape index (κ1) is 49.4. The Labute approximate surface area is 396 Å². The number of benzene rings is 2. The molecule has 0 unspecified atom stereocenters. The van der Waals surface area contributed by atoms with Crippen LogP contribution in [0.5, 0.6) is 0 Å². The number of nitrogens with zero attached hydrogens (tertiary/aromatic N) is 2. The summed E-state index contributed by atoms with van der Waals surface area (Å²) in [6.45, 7) is 4.30. The molecule has 356 valence electrons. The molecule has 13 atom stereocenters. The minimum Gasteiger partial charge on any atom is -0.504 e. The molecule has 0 amide bonds. The fourth-order valence-corrected chi connectivity index (χ4v) is 12.8. The third-order valence-electron chi connectivity index (χ3n) is 15.7. The summed E-state index contributed by atoms with van der Waals surface area (Å²) in [6.07, 6.45) is 22.0. The maximum absolute atomic E-state index is 13.6. The monoisotopic (exact) mass is 915 g/mol. The van der Waals surface area contributed by atoms with E-state index in [0.29, 0.717) is 29.6 Å². The molecule has 4 heterocycles. The SMILES string of the molecule is C.C.COC=C1CC[C@@H]2[C@@H](C1)C[C@H]1C(=O)O[C@H](C)[C@H]1[C@H]2/C=C/c1ccc(-c2cccc(F)c2)cn1.C[C@H]1OC(=O)[C@@H]2C[C@@H]3C[C@H](CO)CC[C@H]3[C@H](/C=C/c3ccc(-c4cccc(F)c4)cn3)[C@H]12. The zero-order valence-corrected chi connectivity index (χ0v) is 37.5. The van der Waals surface area contributed by atoms with Crippen molar-refractivity contribution in [3.05, 3.63) is 132 Å². The first-order chi connectivity index (χ1) is 31.6. The number of fused-ring (bicyclic) bond motifs is 4. The number of aliphatic hydroxyl groups is 1. The number of rotatable bonds is 8. The molecule has 4 saturated carbocycles. The highest BCUT2D eigenvalue weighted by atomic mass is 19.1. The highest BCUT2D eigenvalue weighted by molar-refractivity contribution is 5.76. The van der Waals surface area contributed by atoms with Crippen LogP contribution in [0.15, 0.2) is 109 Å². The van der Waals surface area contributed by atoms with Crippen molar-refractivity contribution >= 4 is 24.1 Å². The molecule has 2 aliphatic heterocycles. The van der Waals surface area contributed by atoms with Gasteiger partial charge in [-0.15, -0.1) is 0 Å². The summed E-state index contributed by atoms with van der Waals surface area (Å²) in [4.78, 5) is 34.3. The van der Waals surface area contributed by atoms with Gasteiger partial charge in [0.2, 0.25) is 0 Å². The van der Waals surface area contributed by atoms with E-state index in [9.17, 15) is 23.5 Å². The predicted molar refractivity (Wildman–Crippen MR) is 259 cm³/mol. The Hall–Kier alpha value is -5.48. The van der Waals surface area contributed by atoms with Gasteiger partial charge in [-0.3, -0.25) is 19.6 Å². The van der Waals surface area contributed by atoms with Gasteiger partial charge >= 0.3 is 11.9 Å². The molecule has 1 N–H and O–H groups in total. The zero-order valence-electron chi connectivity index (χ0n) is 37.5. The molecule has 4 aromatic rings. The van der Waals surface area contributed by atoms with E-state index in [4.69, 9.17) is 14.2 Å². The Morgan fingerprint density at radius 2 is 1.21 bits per heavy atom. The molecule has 67 heavy (non-hydrogen) atoms. The summed E-state index contributed by atoms with van der Waals surface area (Å²) in [7, 11) is 1.70. The predicted octanol–water partition coefficient (Wildman–Crippen LogP) is 12.4. The van der Waals surface area contributed by atoms with E-state index in [1.54, 1.807) is 31.6 Å². The lowest BCUT2D eigenvalue weighted by Crippen LogP contribution is -2.44. The summed E-state index contributed by atoms with van der Waals surface area (Å²) in [6, 6.07) is 20.9. The molecule has 10 rings (SSSR count). The van der Waals surface area contributed by atoms with Gasteiger partial charge in [-0.2, -0.15) is 0 Å². The third-order valence-corrected chi connectivity index (χ3v) is 15.7. The van der Waals surface area contributed by atoms with Crippen molar-refractivity contribution in [1.29, 1.82) is 0 Å². The van der Waals surface area contributed by atoms with Crippen molar-refractivity contribution in [3.8, 4) is 22.3 Å². The van der Waals surface area contributed by atoms with Crippen molar-refractivity contribution in [2.75, 3.05) is 13.7 Å². The molecule has 4 aliphatic carbocycles. The van der Waals surface area contributed by atoms with E-state index in [2.05, 4.69) is 34.3 Å². The van der Waals surface area contributed by atoms with Crippen molar-refractivity contribution in [3.63, 3.8) is 0 Å². The second-order valence-electron chi connectivity index (χ2n) is 19.4. The average molecular weight is 915 g/mol. The van der Waals surface area contributed by atoms with E-state index in [1.807, 2.05) is 56.5 Å². The first-order valence-electron chi connectivity index (χ1n) is 23.6. The lowest BCUT2D eigenvalue weighted by molar-refractivity contribution is -0.145. The van der Waals surface area contributed by atoms with Crippen LogP contribution in [-0.2, 0) is 23.8 Å². The molecule has 2 saturated heterocycles. The Balaban J connectivity index is 0.000000193. The Bertz CT molecular complexity index is 2420. The first-order valence-corrected chi connectivity index (χ1v) is 23.6. The minimum absolute atomic E-state index is 0. The molecule has 2 aromatic heterocycles. The lowest BCUT2D eigenvalue weighted by atomic mass is 9.56. The van der Waals surface area contributed by atoms with Crippen LogP contribution < -0.4 is 0 Å². The second kappa shape index (κ2) is 21.6. The number of hydrogen-bond acceptors (Lipinski definition) is 8. The topological polar surface area (TPSA) is 108 Å². The number of methoxy groups -OCH3 is 1. The summed E-state index contributed by atoms with van der Waals surface area (Å²) >= 11 is 0. The van der Waals surface area contributed by atoms with Crippen LogP contribution in [0.3, 0.4) is 0 Å². The molecule has 0 spiro atoms. The number of hydrogen-bond donors (Lipinski definition) is 1. The Kier molecular flexibility index (Phi) is 16.0. The summed E-state index contributed by atoms with van der Waals surface area (Å²) in [5.41, 5.74) is 6.45. The highest BCUT2D eigenvalue weighted by Crippen LogP contribution is 2.56. The summed E-state index contributed by atoms with van der Waals surface area (Å²) in [5.74, 6) is 2.62. The Morgan fingerprint density at radius 1 is 0.687 bits per heavy atom. The van der Waals surface area contributed by atoms with Crippen molar-refractivity contribution in [2.45, 2.75) is 92.3 Å². The molecule has 8 nitrogen and oxygen atoms in total. The summed E-state index contributed by atoms with van der Waals surface area (Å²) in [5, 5.41) is 9.67. The number of allylic oxidation sites excluding steroid dienone is 3. The number of carbonyl (C=O) groups excluding carboxylic acids is 2. The van der Waals surface area contributed by atoms with E-state index in [0.717, 1.165) is 85.0 Å². The fourth-order valence-electron chi connectivity index (χ4n) is 12.8. The van der Waals surface area contributed by atoms with Crippen LogP contribution in [0.4, 0.5) is 8.78 Å². The third kappa shape index (κ3) is 10.6. The zero-order chi connectivity index (χ0) is 45.2. The number of pyridine rings is 2. The number of cyclic esters (lactones) is 2. The van der Waals surface area contributed by atoms with Gasteiger partial charge in [-0.1, -0.05) is 63.4 Å². The van der Waals surface area contributed by atoms with Crippen LogP contribution in [0.2, 0.25) is 0 Å². The van der Waals surface area contributed by atoms with Crippen molar-refractivity contribution in [1.82, 2.24) is 9.97 Å². The van der Waals surface area contributed by atoms with Gasteiger partial charge in [0.05, 0.1) is 36.6 Å². The number of halogens is 2.